The summed E-state index contributed by atoms with van der Waals surface area (Å²) >= 11 is 2.21. The van der Waals surface area contributed by atoms with Crippen LogP contribution in [-0.2, 0) is 14.5 Å². The summed E-state index contributed by atoms with van der Waals surface area (Å²) in [6.07, 6.45) is 0. The van der Waals surface area contributed by atoms with Crippen LogP contribution in [0.3, 0.4) is 0 Å². The Morgan fingerprint density at radius 2 is 1.83 bits per heavy atom. The third-order valence-corrected chi connectivity index (χ3v) is 3.59. The number of benzene rings is 1. The number of halogens is 1. The second-order valence-electron chi connectivity index (χ2n) is 3.35. The van der Waals surface area contributed by atoms with Gasteiger partial charge in [-0.1, -0.05) is 34.7 Å². The molecular formula is C10H11INNaO4S. The molecule has 18 heavy (non-hydrogen) atoms. The van der Waals surface area contributed by atoms with E-state index in [0.717, 1.165) is 9.99 Å². The monoisotopic (exact) mass is 391 g/mol. The molecule has 0 saturated heterocycles. The van der Waals surface area contributed by atoms with Crippen molar-refractivity contribution in [3.05, 3.63) is 35.4 Å². The summed E-state index contributed by atoms with van der Waals surface area (Å²) in [5.41, 5.74) is 1.55. The zero-order valence-corrected chi connectivity index (χ0v) is 14.8. The van der Waals surface area contributed by atoms with E-state index in [1.165, 1.54) is 0 Å². The normalized spacial score (nSPS) is 10.6. The zero-order chi connectivity index (χ0) is 12.9. The molecule has 0 spiro atoms. The first kappa shape index (κ1) is 18.3. The number of alkyl halides is 1. The van der Waals surface area contributed by atoms with Crippen LogP contribution in [0.4, 0.5) is 0 Å². The first-order chi connectivity index (χ1) is 7.92. The molecule has 0 heterocycles. The molecule has 1 amide bonds. The van der Waals surface area contributed by atoms with Crippen LogP contribution >= 0.6 is 22.6 Å². The van der Waals surface area contributed by atoms with Crippen molar-refractivity contribution >= 4 is 38.6 Å². The Hall–Kier alpha value is 0.330. The summed E-state index contributed by atoms with van der Waals surface area (Å²) in [4.78, 5) is 11.5. The van der Waals surface area contributed by atoms with Gasteiger partial charge in [0.25, 0.3) is 5.91 Å². The molecule has 0 saturated carbocycles. The Balaban J connectivity index is 0.00000289. The molecule has 0 aromatic heterocycles. The van der Waals surface area contributed by atoms with E-state index in [1.807, 2.05) is 12.1 Å². The summed E-state index contributed by atoms with van der Waals surface area (Å²) in [6, 6.07) is 6.97. The SMILES string of the molecule is O=C(NCCS(=O)(=O)[O-])c1ccc(CI)cc1.[Na+]. The van der Waals surface area contributed by atoms with Gasteiger partial charge in [0.1, 0.15) is 0 Å². The van der Waals surface area contributed by atoms with Crippen LogP contribution in [0.2, 0.25) is 0 Å². The van der Waals surface area contributed by atoms with Gasteiger partial charge < -0.3 is 9.87 Å². The molecule has 94 valence electrons. The van der Waals surface area contributed by atoms with Crippen molar-refractivity contribution in [2.75, 3.05) is 12.3 Å². The standard InChI is InChI=1S/C10H12INO4S.Na/c11-7-8-1-3-9(4-2-8)10(13)12-5-6-17(14,15)16;/h1-4H,5-7H2,(H,12,13)(H,14,15,16);/q;+1/p-1. The molecule has 0 aliphatic heterocycles. The average Bonchev–Trinajstić information content (AvgIpc) is 2.27. The molecule has 1 N–H and O–H groups in total. The number of hydrogen-bond donors (Lipinski definition) is 1. The van der Waals surface area contributed by atoms with Gasteiger partial charge in [0.15, 0.2) is 0 Å². The van der Waals surface area contributed by atoms with Gasteiger partial charge in [0.2, 0.25) is 0 Å². The Bertz CT molecular complexity index is 489. The van der Waals surface area contributed by atoms with E-state index in [9.17, 15) is 17.8 Å². The maximum Gasteiger partial charge on any atom is 1.00 e. The molecule has 1 rings (SSSR count). The van der Waals surface area contributed by atoms with Crippen molar-refractivity contribution in [1.29, 1.82) is 0 Å². The topological polar surface area (TPSA) is 86.3 Å². The molecule has 0 bridgehead atoms. The molecule has 1 aromatic rings. The minimum atomic E-state index is -4.28. The van der Waals surface area contributed by atoms with E-state index >= 15 is 0 Å². The van der Waals surface area contributed by atoms with Gasteiger partial charge in [-0.2, -0.15) is 0 Å². The smallest absolute Gasteiger partial charge is 0.748 e. The number of hydrogen-bond acceptors (Lipinski definition) is 4. The largest absolute Gasteiger partial charge is 1.00 e. The maximum atomic E-state index is 11.5. The van der Waals surface area contributed by atoms with Gasteiger partial charge in [-0.3, -0.25) is 4.79 Å². The van der Waals surface area contributed by atoms with E-state index in [4.69, 9.17) is 0 Å². The molecule has 0 aliphatic rings. The zero-order valence-electron chi connectivity index (χ0n) is 9.85. The van der Waals surface area contributed by atoms with Crippen molar-refractivity contribution in [2.24, 2.45) is 0 Å². The van der Waals surface area contributed by atoms with Crippen molar-refractivity contribution < 1.29 is 47.3 Å². The van der Waals surface area contributed by atoms with Gasteiger partial charge in [0.05, 0.1) is 15.9 Å². The van der Waals surface area contributed by atoms with Gasteiger partial charge in [-0.25, -0.2) is 8.42 Å². The van der Waals surface area contributed by atoms with Crippen molar-refractivity contribution in [1.82, 2.24) is 5.32 Å². The molecule has 0 atom stereocenters. The summed E-state index contributed by atoms with van der Waals surface area (Å²) in [7, 11) is -4.28. The fraction of sp³-hybridized carbons (Fsp3) is 0.300. The maximum absolute atomic E-state index is 11.5. The van der Waals surface area contributed by atoms with Crippen LogP contribution in [-0.4, -0.2) is 31.2 Å². The molecule has 0 unspecified atom stereocenters. The summed E-state index contributed by atoms with van der Waals surface area (Å²) < 4.78 is 31.8. The van der Waals surface area contributed by atoms with E-state index < -0.39 is 15.9 Å². The number of carbonyl (C=O) groups is 1. The van der Waals surface area contributed by atoms with Crippen LogP contribution in [0, 0.1) is 0 Å². The number of amides is 1. The fourth-order valence-corrected chi connectivity index (χ4v) is 2.00. The van der Waals surface area contributed by atoms with Gasteiger partial charge >= 0.3 is 29.6 Å². The first-order valence-electron chi connectivity index (χ1n) is 4.79. The molecule has 5 nitrogen and oxygen atoms in total. The van der Waals surface area contributed by atoms with Crippen molar-refractivity contribution in [2.45, 2.75) is 4.43 Å². The molecule has 1 aromatic carbocycles. The van der Waals surface area contributed by atoms with E-state index in [1.54, 1.807) is 12.1 Å². The second-order valence-corrected chi connectivity index (χ2v) is 5.63. The number of carbonyl (C=O) groups excluding carboxylic acids is 1. The molecule has 0 radical (unpaired) electrons. The summed E-state index contributed by atoms with van der Waals surface area (Å²) in [5.74, 6) is -0.974. The van der Waals surface area contributed by atoms with E-state index in [2.05, 4.69) is 27.9 Å². The van der Waals surface area contributed by atoms with Gasteiger partial charge in [-0.15, -0.1) is 0 Å². The molecule has 0 fully saturated rings. The molecule has 0 aliphatic carbocycles. The fourth-order valence-electron chi connectivity index (χ4n) is 1.14. The van der Waals surface area contributed by atoms with Crippen LogP contribution in [0.25, 0.3) is 0 Å². The Labute approximate surface area is 142 Å². The Morgan fingerprint density at radius 3 is 2.28 bits per heavy atom. The van der Waals surface area contributed by atoms with Crippen LogP contribution < -0.4 is 34.9 Å². The van der Waals surface area contributed by atoms with Crippen LogP contribution in [0.5, 0.6) is 0 Å². The van der Waals surface area contributed by atoms with Gasteiger partial charge in [-0.05, 0) is 17.7 Å². The van der Waals surface area contributed by atoms with Crippen molar-refractivity contribution in [3.63, 3.8) is 0 Å². The van der Waals surface area contributed by atoms with Crippen LogP contribution in [0.1, 0.15) is 15.9 Å². The number of nitrogens with one attached hydrogen (secondary N) is 1. The number of rotatable bonds is 5. The average molecular weight is 391 g/mol. The van der Waals surface area contributed by atoms with Crippen molar-refractivity contribution in [3.8, 4) is 0 Å². The first-order valence-corrected chi connectivity index (χ1v) is 7.89. The summed E-state index contributed by atoms with van der Waals surface area (Å²) in [6.45, 7) is -0.168. The molecule has 8 heteroatoms. The third-order valence-electron chi connectivity index (χ3n) is 2.01. The van der Waals surface area contributed by atoms with Gasteiger partial charge in [0, 0.05) is 16.5 Å². The predicted octanol–water partition coefficient (Wildman–Crippen LogP) is -2.10. The minimum Gasteiger partial charge on any atom is -0.748 e. The van der Waals surface area contributed by atoms with Crippen LogP contribution in [0.15, 0.2) is 24.3 Å². The second kappa shape index (κ2) is 8.49. The minimum absolute atomic E-state index is 0. The Kier molecular flexibility index (Phi) is 8.65. The van der Waals surface area contributed by atoms with E-state index in [0.29, 0.717) is 5.56 Å². The quantitative estimate of drug-likeness (QED) is 0.270. The molecular weight excluding hydrogens is 380 g/mol. The summed E-state index contributed by atoms with van der Waals surface area (Å²) in [5, 5.41) is 2.37. The predicted molar refractivity (Wildman–Crippen MR) is 71.1 cm³/mol. The van der Waals surface area contributed by atoms with E-state index in [-0.39, 0.29) is 42.0 Å². The third kappa shape index (κ3) is 7.05. The Morgan fingerprint density at radius 1 is 1.28 bits per heavy atom.